The molecular formula is C22H21BrN2O3. The normalized spacial score (nSPS) is 11.7. The highest BCUT2D eigenvalue weighted by molar-refractivity contribution is 9.10. The van der Waals surface area contributed by atoms with Gasteiger partial charge in [-0.3, -0.25) is 9.59 Å². The molecule has 6 heteroatoms. The molecule has 0 aliphatic carbocycles. The number of methoxy groups -OCH3 is 1. The molecule has 1 atom stereocenters. The lowest BCUT2D eigenvalue weighted by atomic mass is 9.97. The van der Waals surface area contributed by atoms with Crippen LogP contribution in [0.25, 0.3) is 10.8 Å². The van der Waals surface area contributed by atoms with Crippen molar-refractivity contribution < 1.29 is 14.3 Å². The quantitative estimate of drug-likeness (QED) is 0.593. The van der Waals surface area contributed by atoms with E-state index in [0.29, 0.717) is 5.69 Å². The van der Waals surface area contributed by atoms with Crippen molar-refractivity contribution in [1.82, 2.24) is 5.32 Å². The largest absolute Gasteiger partial charge is 0.497 e. The summed E-state index contributed by atoms with van der Waals surface area (Å²) < 4.78 is 6.03. The van der Waals surface area contributed by atoms with Crippen LogP contribution in [-0.2, 0) is 9.59 Å². The van der Waals surface area contributed by atoms with Crippen molar-refractivity contribution in [2.45, 2.75) is 12.8 Å². The third kappa shape index (κ3) is 4.70. The van der Waals surface area contributed by atoms with E-state index in [1.807, 2.05) is 61.5 Å². The van der Waals surface area contributed by atoms with Gasteiger partial charge in [0.15, 0.2) is 0 Å². The van der Waals surface area contributed by atoms with Crippen molar-refractivity contribution >= 4 is 44.2 Å². The van der Waals surface area contributed by atoms with Gasteiger partial charge in [-0.05, 0) is 63.5 Å². The first kappa shape index (κ1) is 19.9. The van der Waals surface area contributed by atoms with E-state index in [1.165, 1.54) is 0 Å². The van der Waals surface area contributed by atoms with Crippen LogP contribution in [0.1, 0.15) is 18.4 Å². The first-order chi connectivity index (χ1) is 13.5. The molecule has 3 rings (SSSR count). The van der Waals surface area contributed by atoms with Gasteiger partial charge >= 0.3 is 0 Å². The number of benzene rings is 3. The lowest BCUT2D eigenvalue weighted by Gasteiger charge is -2.14. The number of carbonyl (C=O) groups excluding carboxylic acids is 2. The maximum Gasteiger partial charge on any atom is 0.243 e. The number of hydrogen-bond acceptors (Lipinski definition) is 3. The Morgan fingerprint density at radius 1 is 1.04 bits per heavy atom. The Labute approximate surface area is 172 Å². The van der Waals surface area contributed by atoms with Gasteiger partial charge in [0.25, 0.3) is 0 Å². The topological polar surface area (TPSA) is 67.4 Å². The fourth-order valence-corrected chi connectivity index (χ4v) is 3.25. The number of carbonyl (C=O) groups is 2. The van der Waals surface area contributed by atoms with Crippen molar-refractivity contribution in [3.05, 3.63) is 70.7 Å². The van der Waals surface area contributed by atoms with Crippen LogP contribution >= 0.6 is 15.9 Å². The molecule has 0 aliphatic heterocycles. The Kier molecular flexibility index (Phi) is 6.31. The third-order valence-corrected chi connectivity index (χ3v) is 5.23. The van der Waals surface area contributed by atoms with E-state index in [1.54, 1.807) is 13.2 Å². The fourth-order valence-electron chi connectivity index (χ4n) is 2.87. The van der Waals surface area contributed by atoms with Crippen LogP contribution in [0.5, 0.6) is 5.75 Å². The second kappa shape index (κ2) is 8.89. The minimum Gasteiger partial charge on any atom is -0.497 e. The minimum absolute atomic E-state index is 0.0880. The number of hydrogen-bond donors (Lipinski definition) is 2. The monoisotopic (exact) mass is 440 g/mol. The molecule has 0 saturated carbocycles. The van der Waals surface area contributed by atoms with E-state index < -0.39 is 0 Å². The van der Waals surface area contributed by atoms with Crippen molar-refractivity contribution in [1.29, 1.82) is 0 Å². The Morgan fingerprint density at radius 2 is 1.75 bits per heavy atom. The predicted molar refractivity (Wildman–Crippen MR) is 115 cm³/mol. The molecule has 2 amide bonds. The summed E-state index contributed by atoms with van der Waals surface area (Å²) in [5.41, 5.74) is 1.56. The molecular weight excluding hydrogens is 420 g/mol. The van der Waals surface area contributed by atoms with Gasteiger partial charge in [-0.25, -0.2) is 0 Å². The maximum atomic E-state index is 12.5. The Balaban J connectivity index is 1.61. The lowest BCUT2D eigenvalue weighted by molar-refractivity contribution is -0.125. The molecule has 3 aromatic rings. The molecule has 3 aromatic carbocycles. The molecule has 28 heavy (non-hydrogen) atoms. The zero-order chi connectivity index (χ0) is 20.1. The average Bonchev–Trinajstić information content (AvgIpc) is 2.72. The highest BCUT2D eigenvalue weighted by Crippen LogP contribution is 2.25. The van der Waals surface area contributed by atoms with Crippen molar-refractivity contribution in [3.8, 4) is 5.75 Å². The average molecular weight is 441 g/mol. The second-order valence-electron chi connectivity index (χ2n) is 6.44. The van der Waals surface area contributed by atoms with Crippen LogP contribution < -0.4 is 15.4 Å². The fraction of sp³-hybridized carbons (Fsp3) is 0.182. The molecule has 2 N–H and O–H groups in total. The van der Waals surface area contributed by atoms with Gasteiger partial charge in [0.1, 0.15) is 5.75 Å². The first-order valence-corrected chi connectivity index (χ1v) is 9.67. The molecule has 0 unspecified atom stereocenters. The molecule has 0 aliphatic rings. The summed E-state index contributed by atoms with van der Waals surface area (Å²) in [6, 6.07) is 19.0. The second-order valence-corrected chi connectivity index (χ2v) is 7.29. The summed E-state index contributed by atoms with van der Waals surface area (Å²) in [5, 5.41) is 7.54. The van der Waals surface area contributed by atoms with E-state index in [0.717, 1.165) is 26.6 Å². The molecule has 0 bridgehead atoms. The van der Waals surface area contributed by atoms with E-state index in [2.05, 4.69) is 26.6 Å². The smallest absolute Gasteiger partial charge is 0.243 e. The predicted octanol–water partition coefficient (Wildman–Crippen LogP) is 4.47. The van der Waals surface area contributed by atoms with Crippen LogP contribution in [0, 0.1) is 0 Å². The summed E-state index contributed by atoms with van der Waals surface area (Å²) in [7, 11) is 1.63. The highest BCUT2D eigenvalue weighted by Gasteiger charge is 2.17. The van der Waals surface area contributed by atoms with Gasteiger partial charge in [-0.1, -0.05) is 36.4 Å². The van der Waals surface area contributed by atoms with Crippen molar-refractivity contribution in [2.24, 2.45) is 0 Å². The van der Waals surface area contributed by atoms with Crippen molar-refractivity contribution in [2.75, 3.05) is 19.0 Å². The van der Waals surface area contributed by atoms with Gasteiger partial charge in [0.05, 0.1) is 25.3 Å². The van der Waals surface area contributed by atoms with Crippen LogP contribution in [0.4, 0.5) is 5.69 Å². The van der Waals surface area contributed by atoms with E-state index in [-0.39, 0.29) is 24.3 Å². The van der Waals surface area contributed by atoms with Crippen LogP contribution in [0.3, 0.4) is 0 Å². The van der Waals surface area contributed by atoms with Gasteiger partial charge in [0, 0.05) is 4.47 Å². The molecule has 0 spiro atoms. The molecule has 0 aromatic heterocycles. The lowest BCUT2D eigenvalue weighted by Crippen LogP contribution is -2.35. The number of fused-ring (bicyclic) bond motifs is 1. The summed E-state index contributed by atoms with van der Waals surface area (Å²) >= 11 is 3.38. The van der Waals surface area contributed by atoms with Crippen LogP contribution in [0.15, 0.2) is 65.1 Å². The van der Waals surface area contributed by atoms with Gasteiger partial charge < -0.3 is 15.4 Å². The first-order valence-electron chi connectivity index (χ1n) is 8.87. The van der Waals surface area contributed by atoms with E-state index in [9.17, 15) is 9.59 Å². The van der Waals surface area contributed by atoms with Crippen molar-refractivity contribution in [3.63, 3.8) is 0 Å². The number of para-hydroxylation sites is 1. The molecule has 0 radical (unpaired) electrons. The number of halogens is 1. The molecule has 0 saturated heterocycles. The number of nitrogens with one attached hydrogen (secondary N) is 2. The number of anilines is 1. The summed E-state index contributed by atoms with van der Waals surface area (Å²) in [5.74, 6) is -0.0573. The zero-order valence-electron chi connectivity index (χ0n) is 15.7. The van der Waals surface area contributed by atoms with E-state index in [4.69, 9.17) is 4.74 Å². The summed E-state index contributed by atoms with van der Waals surface area (Å²) in [6.45, 7) is 1.74. The SMILES string of the molecule is COc1ccc2cc([C@@H](C)C(=O)NCC(=O)Nc3ccccc3Br)ccc2c1. The number of ether oxygens (including phenoxy) is 1. The van der Waals surface area contributed by atoms with Crippen LogP contribution in [0.2, 0.25) is 0 Å². The van der Waals surface area contributed by atoms with E-state index >= 15 is 0 Å². The Morgan fingerprint density at radius 3 is 2.50 bits per heavy atom. The van der Waals surface area contributed by atoms with Gasteiger partial charge in [0.2, 0.25) is 11.8 Å². The maximum absolute atomic E-state index is 12.5. The molecule has 0 fully saturated rings. The number of rotatable bonds is 6. The summed E-state index contributed by atoms with van der Waals surface area (Å²) in [6.07, 6.45) is 0. The molecule has 0 heterocycles. The van der Waals surface area contributed by atoms with Gasteiger partial charge in [-0.2, -0.15) is 0 Å². The van der Waals surface area contributed by atoms with Crippen LogP contribution in [-0.4, -0.2) is 25.5 Å². The third-order valence-electron chi connectivity index (χ3n) is 4.54. The number of amides is 2. The summed E-state index contributed by atoms with van der Waals surface area (Å²) in [4.78, 5) is 24.6. The zero-order valence-corrected chi connectivity index (χ0v) is 17.2. The Bertz CT molecular complexity index is 1020. The molecule has 144 valence electrons. The minimum atomic E-state index is -0.372. The standard InChI is InChI=1S/C22H21BrN2O3/c1-14(15-7-8-17-12-18(28-2)10-9-16(17)11-15)22(27)24-13-21(26)25-20-6-4-3-5-19(20)23/h3-12,14H,13H2,1-2H3,(H,24,27)(H,25,26)/t14-/m1/s1. The molecule has 5 nitrogen and oxygen atoms in total. The Hall–Kier alpha value is -2.86. The van der Waals surface area contributed by atoms with Gasteiger partial charge in [-0.15, -0.1) is 0 Å². The highest BCUT2D eigenvalue weighted by atomic mass is 79.9.